The van der Waals surface area contributed by atoms with Crippen molar-refractivity contribution in [2.24, 2.45) is 0 Å². The molecule has 7 nitrogen and oxygen atoms in total. The van der Waals surface area contributed by atoms with Gasteiger partial charge in [-0.05, 0) is 42.8 Å². The molecule has 0 radical (unpaired) electrons. The maximum Gasteiger partial charge on any atom is 0.253 e. The highest BCUT2D eigenvalue weighted by molar-refractivity contribution is 5.98. The van der Waals surface area contributed by atoms with Gasteiger partial charge in [-0.25, -0.2) is 4.98 Å². The molecule has 1 N–H and O–H groups in total. The Labute approximate surface area is 169 Å². The fraction of sp³-hybridized carbons (Fsp3) is 0.318. The molecule has 1 fully saturated rings. The van der Waals surface area contributed by atoms with Crippen LogP contribution in [0.1, 0.15) is 21.6 Å². The molecule has 0 atom stereocenters. The third-order valence-corrected chi connectivity index (χ3v) is 5.06. The molecule has 3 aromatic rings. The van der Waals surface area contributed by atoms with E-state index in [-0.39, 0.29) is 5.91 Å². The summed E-state index contributed by atoms with van der Waals surface area (Å²) < 4.78 is 10.6. The van der Waals surface area contributed by atoms with Crippen LogP contribution in [-0.2, 0) is 11.3 Å². The van der Waals surface area contributed by atoms with Crippen LogP contribution in [0.4, 0.5) is 5.82 Å². The monoisotopic (exact) mass is 392 g/mol. The van der Waals surface area contributed by atoms with Crippen molar-refractivity contribution in [2.75, 3.05) is 38.3 Å². The van der Waals surface area contributed by atoms with Gasteiger partial charge in [0.25, 0.3) is 5.91 Å². The summed E-state index contributed by atoms with van der Waals surface area (Å²) in [4.78, 5) is 24.0. The Morgan fingerprint density at radius 1 is 1.21 bits per heavy atom. The van der Waals surface area contributed by atoms with Crippen LogP contribution >= 0.6 is 0 Å². The Balaban J connectivity index is 1.47. The van der Waals surface area contributed by atoms with Crippen LogP contribution in [0, 0.1) is 6.92 Å². The zero-order valence-electron chi connectivity index (χ0n) is 16.6. The zero-order valence-corrected chi connectivity index (χ0v) is 16.6. The van der Waals surface area contributed by atoms with Gasteiger partial charge in [0.05, 0.1) is 37.1 Å². The average Bonchev–Trinajstić information content (AvgIpc) is 2.77. The minimum absolute atomic E-state index is 0.141. The number of pyridine rings is 2. The third kappa shape index (κ3) is 4.30. The van der Waals surface area contributed by atoms with E-state index in [1.54, 1.807) is 13.3 Å². The van der Waals surface area contributed by atoms with Crippen molar-refractivity contribution in [1.29, 1.82) is 0 Å². The van der Waals surface area contributed by atoms with E-state index in [9.17, 15) is 4.79 Å². The second-order valence-corrected chi connectivity index (χ2v) is 6.98. The summed E-state index contributed by atoms with van der Waals surface area (Å²) in [5, 5.41) is 3.90. The molecular weight excluding hydrogens is 368 g/mol. The summed E-state index contributed by atoms with van der Waals surface area (Å²) in [7, 11) is 1.62. The molecule has 4 rings (SSSR count). The summed E-state index contributed by atoms with van der Waals surface area (Å²) in [5.74, 6) is 1.52. The first-order chi connectivity index (χ1) is 14.1. The van der Waals surface area contributed by atoms with E-state index in [1.165, 1.54) is 0 Å². The van der Waals surface area contributed by atoms with Crippen molar-refractivity contribution in [3.8, 4) is 5.75 Å². The second-order valence-electron chi connectivity index (χ2n) is 6.98. The minimum atomic E-state index is -0.141. The molecule has 1 amide bonds. The first-order valence-corrected chi connectivity index (χ1v) is 9.65. The predicted molar refractivity (Wildman–Crippen MR) is 111 cm³/mol. The number of nitrogens with one attached hydrogen (secondary N) is 1. The van der Waals surface area contributed by atoms with Gasteiger partial charge < -0.3 is 19.7 Å². The number of rotatable bonds is 5. The number of carbonyl (C=O) groups is 1. The third-order valence-electron chi connectivity index (χ3n) is 5.06. The number of aromatic nitrogens is 2. The molecule has 1 saturated heterocycles. The second kappa shape index (κ2) is 8.45. The molecule has 1 aromatic carbocycles. The van der Waals surface area contributed by atoms with Gasteiger partial charge in [0.1, 0.15) is 11.6 Å². The van der Waals surface area contributed by atoms with Crippen molar-refractivity contribution in [3.63, 3.8) is 0 Å². The lowest BCUT2D eigenvalue weighted by Gasteiger charge is -2.28. The topological polar surface area (TPSA) is 76.6 Å². The lowest BCUT2D eigenvalue weighted by Crippen LogP contribution is -2.36. The fourth-order valence-electron chi connectivity index (χ4n) is 3.41. The molecule has 1 aliphatic heterocycles. The van der Waals surface area contributed by atoms with E-state index in [0.717, 1.165) is 41.1 Å². The molecule has 0 saturated carbocycles. The van der Waals surface area contributed by atoms with Crippen LogP contribution in [0.25, 0.3) is 10.9 Å². The lowest BCUT2D eigenvalue weighted by molar-refractivity contribution is 0.0950. The standard InChI is InChI=1S/C22H24N4O3/c1-15-19(12-17-3-4-18(28-2)13-20(17)25-15)22(27)24-14-16-5-6-23-21(11-16)26-7-9-29-10-8-26/h3-6,11-13H,7-10,14H2,1-2H3,(H,24,27). The van der Waals surface area contributed by atoms with Gasteiger partial charge in [0.15, 0.2) is 0 Å². The Morgan fingerprint density at radius 2 is 2.03 bits per heavy atom. The van der Waals surface area contributed by atoms with Crippen LogP contribution in [0.3, 0.4) is 0 Å². The SMILES string of the molecule is COc1ccc2cc(C(=O)NCc3ccnc(N4CCOCC4)c3)c(C)nc2c1. The number of anilines is 1. The van der Waals surface area contributed by atoms with E-state index >= 15 is 0 Å². The normalized spacial score (nSPS) is 14.1. The number of methoxy groups -OCH3 is 1. The van der Waals surface area contributed by atoms with Crippen LogP contribution in [0.5, 0.6) is 5.75 Å². The molecule has 1 aliphatic rings. The number of amides is 1. The number of benzene rings is 1. The largest absolute Gasteiger partial charge is 0.497 e. The highest BCUT2D eigenvalue weighted by Crippen LogP contribution is 2.22. The van der Waals surface area contributed by atoms with E-state index in [2.05, 4.69) is 20.2 Å². The molecule has 0 aliphatic carbocycles. The van der Waals surface area contributed by atoms with Crippen LogP contribution in [0.15, 0.2) is 42.6 Å². The zero-order chi connectivity index (χ0) is 20.2. The maximum absolute atomic E-state index is 12.8. The Bertz CT molecular complexity index is 1030. The number of fused-ring (bicyclic) bond motifs is 1. The molecule has 29 heavy (non-hydrogen) atoms. The number of ether oxygens (including phenoxy) is 2. The van der Waals surface area contributed by atoms with E-state index in [0.29, 0.717) is 31.0 Å². The number of morpholine rings is 1. The van der Waals surface area contributed by atoms with Crippen molar-refractivity contribution in [2.45, 2.75) is 13.5 Å². The minimum Gasteiger partial charge on any atom is -0.497 e. The van der Waals surface area contributed by atoms with Crippen LogP contribution in [-0.4, -0.2) is 49.3 Å². The van der Waals surface area contributed by atoms with Crippen molar-refractivity contribution in [3.05, 3.63) is 59.4 Å². The van der Waals surface area contributed by atoms with Crippen molar-refractivity contribution < 1.29 is 14.3 Å². The van der Waals surface area contributed by atoms with Gasteiger partial charge >= 0.3 is 0 Å². The molecular formula is C22H24N4O3. The summed E-state index contributed by atoms with van der Waals surface area (Å²) in [6.45, 7) is 5.35. The number of nitrogens with zero attached hydrogens (tertiary/aromatic N) is 3. The highest BCUT2D eigenvalue weighted by Gasteiger charge is 2.14. The summed E-state index contributed by atoms with van der Waals surface area (Å²) in [6, 6.07) is 11.5. The molecule has 0 unspecified atom stereocenters. The summed E-state index contributed by atoms with van der Waals surface area (Å²) in [5.41, 5.74) is 3.07. The Hall–Kier alpha value is -3.19. The summed E-state index contributed by atoms with van der Waals surface area (Å²) in [6.07, 6.45) is 1.78. The van der Waals surface area contributed by atoms with Gasteiger partial charge in [-0.15, -0.1) is 0 Å². The number of aryl methyl sites for hydroxylation is 1. The first kappa shape index (κ1) is 19.1. The Morgan fingerprint density at radius 3 is 2.83 bits per heavy atom. The predicted octanol–water partition coefficient (Wildman–Crippen LogP) is 2.71. The number of carbonyl (C=O) groups excluding carboxylic acids is 1. The Kier molecular flexibility index (Phi) is 5.57. The number of hydrogen-bond acceptors (Lipinski definition) is 6. The van der Waals surface area contributed by atoms with Gasteiger partial charge in [-0.1, -0.05) is 0 Å². The van der Waals surface area contributed by atoms with Gasteiger partial charge in [-0.2, -0.15) is 0 Å². The molecule has 0 spiro atoms. The smallest absolute Gasteiger partial charge is 0.253 e. The number of hydrogen-bond donors (Lipinski definition) is 1. The molecule has 2 aromatic heterocycles. The molecule has 3 heterocycles. The fourth-order valence-corrected chi connectivity index (χ4v) is 3.41. The lowest BCUT2D eigenvalue weighted by atomic mass is 10.1. The van der Waals surface area contributed by atoms with E-state index in [1.807, 2.05) is 43.3 Å². The quantitative estimate of drug-likeness (QED) is 0.720. The van der Waals surface area contributed by atoms with Gasteiger partial charge in [0.2, 0.25) is 0 Å². The molecule has 0 bridgehead atoms. The van der Waals surface area contributed by atoms with Crippen molar-refractivity contribution >= 4 is 22.6 Å². The molecule has 7 heteroatoms. The average molecular weight is 392 g/mol. The van der Waals surface area contributed by atoms with Gasteiger partial charge in [-0.3, -0.25) is 9.78 Å². The first-order valence-electron chi connectivity index (χ1n) is 9.65. The molecule has 150 valence electrons. The van der Waals surface area contributed by atoms with Crippen LogP contribution < -0.4 is 15.0 Å². The summed E-state index contributed by atoms with van der Waals surface area (Å²) >= 11 is 0. The van der Waals surface area contributed by atoms with E-state index in [4.69, 9.17) is 9.47 Å². The highest BCUT2D eigenvalue weighted by atomic mass is 16.5. The maximum atomic E-state index is 12.8. The van der Waals surface area contributed by atoms with Gasteiger partial charge in [0, 0.05) is 37.3 Å². The van der Waals surface area contributed by atoms with E-state index < -0.39 is 0 Å². The van der Waals surface area contributed by atoms with Crippen molar-refractivity contribution in [1.82, 2.24) is 15.3 Å². The van der Waals surface area contributed by atoms with Crippen LogP contribution in [0.2, 0.25) is 0 Å².